The molecule has 4 rings (SSSR count). The van der Waals surface area contributed by atoms with E-state index >= 15 is 0 Å². The Morgan fingerprint density at radius 3 is 2.68 bits per heavy atom. The summed E-state index contributed by atoms with van der Waals surface area (Å²) >= 11 is 0. The monoisotopic (exact) mass is 373 g/mol. The fourth-order valence-electron chi connectivity index (χ4n) is 3.48. The minimum absolute atomic E-state index is 0.257. The van der Waals surface area contributed by atoms with Crippen LogP contribution in [0, 0.1) is 6.92 Å². The minimum atomic E-state index is 0.257. The highest BCUT2D eigenvalue weighted by Crippen LogP contribution is 2.27. The molecule has 5 nitrogen and oxygen atoms in total. The van der Waals surface area contributed by atoms with Gasteiger partial charge in [0, 0.05) is 24.1 Å². The number of methoxy groups -OCH3 is 1. The van der Waals surface area contributed by atoms with E-state index in [1.165, 1.54) is 16.7 Å². The number of hydrogen-bond donors (Lipinski definition) is 1. The molecule has 0 amide bonds. The van der Waals surface area contributed by atoms with Gasteiger partial charge >= 0.3 is 0 Å². The van der Waals surface area contributed by atoms with E-state index in [-0.39, 0.29) is 6.79 Å². The van der Waals surface area contributed by atoms with Gasteiger partial charge in [-0.05, 0) is 60.7 Å². The molecule has 0 radical (unpaired) electrons. The fourth-order valence-corrected chi connectivity index (χ4v) is 3.48. The zero-order valence-electron chi connectivity index (χ0n) is 16.1. The van der Waals surface area contributed by atoms with Crippen molar-refractivity contribution in [3.8, 4) is 5.75 Å². The van der Waals surface area contributed by atoms with Gasteiger partial charge in [-0.2, -0.15) is 0 Å². The lowest BCUT2D eigenvalue weighted by Crippen LogP contribution is -2.01. The normalized spacial score (nSPS) is 11.2. The first-order chi connectivity index (χ1) is 13.7. The molecule has 2 aromatic heterocycles. The molecule has 0 saturated heterocycles. The predicted octanol–water partition coefficient (Wildman–Crippen LogP) is 4.44. The smallest absolute Gasteiger partial charge is 0.188 e. The van der Waals surface area contributed by atoms with Crippen molar-refractivity contribution in [3.05, 3.63) is 71.4 Å². The molecule has 142 valence electrons. The van der Waals surface area contributed by atoms with E-state index in [0.717, 1.165) is 40.4 Å². The number of aromatic nitrogens is 2. The minimum Gasteiger partial charge on any atom is -0.468 e. The van der Waals surface area contributed by atoms with Crippen LogP contribution in [0.15, 0.2) is 54.7 Å². The lowest BCUT2D eigenvalue weighted by molar-refractivity contribution is 0.0511. The first-order valence-corrected chi connectivity index (χ1v) is 9.30. The van der Waals surface area contributed by atoms with Gasteiger partial charge in [-0.15, -0.1) is 0 Å². The summed E-state index contributed by atoms with van der Waals surface area (Å²) in [6, 6.07) is 16.4. The van der Waals surface area contributed by atoms with Crippen LogP contribution < -0.4 is 10.5 Å². The molecule has 0 bridgehead atoms. The van der Waals surface area contributed by atoms with Crippen LogP contribution in [0.3, 0.4) is 0 Å². The Bertz CT molecular complexity index is 1140. The second-order valence-corrected chi connectivity index (χ2v) is 6.89. The number of hydrogen-bond acceptors (Lipinski definition) is 5. The van der Waals surface area contributed by atoms with Crippen molar-refractivity contribution < 1.29 is 9.47 Å². The molecule has 2 aromatic carbocycles. The Balaban J connectivity index is 1.59. The van der Waals surface area contributed by atoms with Crippen LogP contribution >= 0.6 is 0 Å². The van der Waals surface area contributed by atoms with Crippen molar-refractivity contribution in [2.75, 3.05) is 19.6 Å². The number of anilines is 1. The topological polar surface area (TPSA) is 70.3 Å². The Morgan fingerprint density at radius 1 is 1.00 bits per heavy atom. The van der Waals surface area contributed by atoms with Crippen molar-refractivity contribution in [2.45, 2.75) is 19.8 Å². The number of fused-ring (bicyclic) bond motifs is 3. The fraction of sp³-hybridized carbons (Fsp3) is 0.217. The Labute approximate surface area is 164 Å². The molecule has 0 atom stereocenters. The molecule has 0 aliphatic carbocycles. The van der Waals surface area contributed by atoms with Crippen LogP contribution in [0.4, 0.5) is 5.82 Å². The quantitative estimate of drug-likeness (QED) is 0.400. The maximum absolute atomic E-state index is 6.11. The first-order valence-electron chi connectivity index (χ1n) is 9.30. The summed E-state index contributed by atoms with van der Waals surface area (Å²) in [4.78, 5) is 9.05. The third-order valence-electron chi connectivity index (χ3n) is 4.96. The molecule has 2 N–H and O–H groups in total. The molecule has 4 aromatic rings. The summed E-state index contributed by atoms with van der Waals surface area (Å²) < 4.78 is 10.5. The van der Waals surface area contributed by atoms with Gasteiger partial charge < -0.3 is 15.2 Å². The average molecular weight is 373 g/mol. The van der Waals surface area contributed by atoms with E-state index in [2.05, 4.69) is 35.1 Å². The standard InChI is InChI=1S/C23H23N3O2/c1-15-11-18(28-14-27-2)10-9-17(15)8-7-16-12-20-19-5-3-4-6-21(19)26-23(24)22(20)25-13-16/h3-6,9-13H,7-8,14H2,1-2H3,(H2,24,26). The van der Waals surface area contributed by atoms with Crippen LogP contribution in [0.5, 0.6) is 5.75 Å². The second kappa shape index (κ2) is 7.82. The van der Waals surface area contributed by atoms with E-state index in [9.17, 15) is 0 Å². The Hall–Kier alpha value is -3.18. The Kier molecular flexibility index (Phi) is 5.08. The number of nitrogens with zero attached hydrogens (tertiary/aromatic N) is 2. The molecule has 0 unspecified atom stereocenters. The lowest BCUT2D eigenvalue weighted by atomic mass is 10.00. The third kappa shape index (κ3) is 3.62. The van der Waals surface area contributed by atoms with Crippen LogP contribution in [0.2, 0.25) is 0 Å². The van der Waals surface area contributed by atoms with Crippen molar-refractivity contribution in [3.63, 3.8) is 0 Å². The van der Waals surface area contributed by atoms with E-state index in [4.69, 9.17) is 15.2 Å². The molecular formula is C23H23N3O2. The molecule has 0 spiro atoms. The highest BCUT2D eigenvalue weighted by atomic mass is 16.7. The summed E-state index contributed by atoms with van der Waals surface area (Å²) in [6.45, 7) is 2.36. The molecule has 5 heteroatoms. The number of benzene rings is 2. The first kappa shape index (κ1) is 18.2. The van der Waals surface area contributed by atoms with Crippen molar-refractivity contribution in [2.24, 2.45) is 0 Å². The van der Waals surface area contributed by atoms with E-state index in [0.29, 0.717) is 5.82 Å². The molecule has 2 heterocycles. The Morgan fingerprint density at radius 2 is 1.86 bits per heavy atom. The summed E-state index contributed by atoms with van der Waals surface area (Å²) in [5, 5.41) is 2.14. The summed E-state index contributed by atoms with van der Waals surface area (Å²) in [7, 11) is 1.62. The van der Waals surface area contributed by atoms with Gasteiger partial charge in [0.2, 0.25) is 0 Å². The van der Waals surface area contributed by atoms with Gasteiger partial charge in [0.25, 0.3) is 0 Å². The zero-order valence-corrected chi connectivity index (χ0v) is 16.1. The van der Waals surface area contributed by atoms with Crippen molar-refractivity contribution in [1.82, 2.24) is 9.97 Å². The van der Waals surface area contributed by atoms with E-state index < -0.39 is 0 Å². The molecule has 0 saturated carbocycles. The van der Waals surface area contributed by atoms with Crippen molar-refractivity contribution in [1.29, 1.82) is 0 Å². The summed E-state index contributed by atoms with van der Waals surface area (Å²) in [5.41, 5.74) is 11.5. The van der Waals surface area contributed by atoms with Gasteiger partial charge in [0.05, 0.1) is 5.52 Å². The highest BCUT2D eigenvalue weighted by molar-refractivity contribution is 6.08. The molecule has 0 aliphatic heterocycles. The number of pyridine rings is 2. The lowest BCUT2D eigenvalue weighted by Gasteiger charge is -2.11. The van der Waals surface area contributed by atoms with E-state index in [1.54, 1.807) is 7.11 Å². The zero-order chi connectivity index (χ0) is 19.5. The second-order valence-electron chi connectivity index (χ2n) is 6.89. The SMILES string of the molecule is COCOc1ccc(CCc2cnc3c(N)nc4ccccc4c3c2)c(C)c1. The van der Waals surface area contributed by atoms with Crippen LogP contribution in [0.1, 0.15) is 16.7 Å². The maximum atomic E-state index is 6.11. The number of nitrogens with two attached hydrogens (primary N) is 1. The number of nitrogen functional groups attached to an aromatic ring is 1. The van der Waals surface area contributed by atoms with Gasteiger partial charge in [-0.25, -0.2) is 4.98 Å². The van der Waals surface area contributed by atoms with Crippen LogP contribution in [-0.4, -0.2) is 23.9 Å². The molecule has 0 fully saturated rings. The summed E-state index contributed by atoms with van der Waals surface area (Å²) in [5.74, 6) is 1.30. The number of rotatable bonds is 6. The molecule has 28 heavy (non-hydrogen) atoms. The highest BCUT2D eigenvalue weighted by Gasteiger charge is 2.09. The van der Waals surface area contributed by atoms with Gasteiger partial charge in [0.15, 0.2) is 12.6 Å². The van der Waals surface area contributed by atoms with Crippen LogP contribution in [0.25, 0.3) is 21.8 Å². The van der Waals surface area contributed by atoms with Gasteiger partial charge in [-0.1, -0.05) is 24.3 Å². The molecule has 0 aliphatic rings. The molecular weight excluding hydrogens is 350 g/mol. The van der Waals surface area contributed by atoms with Crippen LogP contribution in [-0.2, 0) is 17.6 Å². The predicted molar refractivity (Wildman–Crippen MR) is 113 cm³/mol. The number of ether oxygens (including phenoxy) is 2. The third-order valence-corrected chi connectivity index (χ3v) is 4.96. The average Bonchev–Trinajstić information content (AvgIpc) is 2.71. The maximum Gasteiger partial charge on any atom is 0.188 e. The largest absolute Gasteiger partial charge is 0.468 e. The van der Waals surface area contributed by atoms with Gasteiger partial charge in [0.1, 0.15) is 11.3 Å². The van der Waals surface area contributed by atoms with Crippen molar-refractivity contribution >= 4 is 27.6 Å². The van der Waals surface area contributed by atoms with Gasteiger partial charge in [-0.3, -0.25) is 4.98 Å². The number of aryl methyl sites for hydroxylation is 3. The summed E-state index contributed by atoms with van der Waals surface area (Å²) in [6.07, 6.45) is 3.74. The number of para-hydroxylation sites is 1. The van der Waals surface area contributed by atoms with E-state index in [1.807, 2.05) is 36.5 Å².